The van der Waals surface area contributed by atoms with Crippen LogP contribution in [0.5, 0.6) is 0 Å². The highest BCUT2D eigenvalue weighted by molar-refractivity contribution is 5.93. The van der Waals surface area contributed by atoms with Gasteiger partial charge in [0.1, 0.15) is 0 Å². The Morgan fingerprint density at radius 3 is 3.00 bits per heavy atom. The monoisotopic (exact) mass is 213 g/mol. The van der Waals surface area contributed by atoms with Crippen LogP contribution in [0.2, 0.25) is 0 Å². The van der Waals surface area contributed by atoms with Crippen LogP contribution >= 0.6 is 0 Å². The van der Waals surface area contributed by atoms with Crippen LogP contribution in [0.3, 0.4) is 0 Å². The van der Waals surface area contributed by atoms with Crippen molar-refractivity contribution in [1.29, 1.82) is 0 Å². The zero-order chi connectivity index (χ0) is 11.5. The number of benzene rings is 1. The normalized spacial score (nSPS) is 9.50. The molecule has 0 aliphatic rings. The van der Waals surface area contributed by atoms with Gasteiger partial charge in [-0.25, -0.2) is 5.10 Å². The molecule has 0 fully saturated rings. The van der Waals surface area contributed by atoms with Crippen LogP contribution < -0.4 is 11.3 Å². The minimum Gasteiger partial charge on any atom is -0.359 e. The average molecular weight is 213 g/mol. The number of carbonyl (C=O) groups is 1. The number of aromatic nitrogens is 2. The van der Waals surface area contributed by atoms with Crippen molar-refractivity contribution in [3.63, 3.8) is 0 Å². The quantitative estimate of drug-likeness (QED) is 0.592. The molecule has 1 aromatic heterocycles. The van der Waals surface area contributed by atoms with Crippen LogP contribution in [0.25, 0.3) is 10.8 Å². The van der Waals surface area contributed by atoms with Gasteiger partial charge in [0.2, 0.25) is 0 Å². The lowest BCUT2D eigenvalue weighted by molar-refractivity contribution is -0.112. The van der Waals surface area contributed by atoms with Crippen molar-refractivity contribution in [3.8, 4) is 11.8 Å². The number of hydrogen-bond donors (Lipinski definition) is 2. The molecule has 0 radical (unpaired) electrons. The van der Waals surface area contributed by atoms with Gasteiger partial charge in [0.15, 0.2) is 0 Å². The summed E-state index contributed by atoms with van der Waals surface area (Å²) < 4.78 is 0. The molecule has 2 aromatic rings. The summed E-state index contributed by atoms with van der Waals surface area (Å²) in [6.07, 6.45) is 1.52. The molecule has 1 heterocycles. The van der Waals surface area contributed by atoms with Crippen LogP contribution in [-0.4, -0.2) is 16.1 Å². The molecule has 1 aromatic carbocycles. The molecule has 0 bridgehead atoms. The van der Waals surface area contributed by atoms with Crippen LogP contribution in [0.15, 0.2) is 29.2 Å². The van der Waals surface area contributed by atoms with E-state index in [-0.39, 0.29) is 5.56 Å². The Balaban J connectivity index is 2.59. The summed E-state index contributed by atoms with van der Waals surface area (Å²) in [5.41, 5.74) is 5.25. The van der Waals surface area contributed by atoms with Crippen LogP contribution in [0, 0.1) is 11.8 Å². The van der Waals surface area contributed by atoms with E-state index < -0.39 is 5.91 Å². The van der Waals surface area contributed by atoms with Gasteiger partial charge < -0.3 is 5.73 Å². The maximum Gasteiger partial charge on any atom is 0.293 e. The van der Waals surface area contributed by atoms with E-state index in [2.05, 4.69) is 22.0 Å². The van der Waals surface area contributed by atoms with E-state index in [4.69, 9.17) is 5.73 Å². The third-order valence-electron chi connectivity index (χ3n) is 2.00. The molecule has 1 amide bonds. The van der Waals surface area contributed by atoms with Crippen molar-refractivity contribution in [1.82, 2.24) is 10.2 Å². The Hall–Kier alpha value is -2.61. The van der Waals surface area contributed by atoms with E-state index in [1.165, 1.54) is 6.20 Å². The number of hydrogen-bond acceptors (Lipinski definition) is 3. The smallest absolute Gasteiger partial charge is 0.293 e. The predicted molar refractivity (Wildman–Crippen MR) is 58.4 cm³/mol. The standard InChI is InChI=1S/C11H7N3O2/c12-10(15)4-2-7-1-3-9-8(5-7)6-13-14-11(9)16/h1,3,5-6H,(H2,12,15)(H,14,16). The largest absolute Gasteiger partial charge is 0.359 e. The summed E-state index contributed by atoms with van der Waals surface area (Å²) in [5, 5.41) is 7.19. The number of H-pyrrole nitrogens is 1. The van der Waals surface area contributed by atoms with E-state index in [1.807, 2.05) is 0 Å². The number of carbonyl (C=O) groups excluding carboxylic acids is 1. The highest BCUT2D eigenvalue weighted by Crippen LogP contribution is 2.09. The second kappa shape index (κ2) is 3.87. The molecule has 0 unspecified atom stereocenters. The Bertz CT molecular complexity index is 677. The lowest BCUT2D eigenvalue weighted by Crippen LogP contribution is -2.07. The van der Waals surface area contributed by atoms with Crippen molar-refractivity contribution >= 4 is 16.7 Å². The molecule has 0 aliphatic carbocycles. The van der Waals surface area contributed by atoms with Gasteiger partial charge in [0.05, 0.1) is 11.6 Å². The fourth-order valence-electron chi connectivity index (χ4n) is 1.31. The predicted octanol–water partition coefficient (Wildman–Crippen LogP) is -0.240. The van der Waals surface area contributed by atoms with E-state index in [9.17, 15) is 9.59 Å². The van der Waals surface area contributed by atoms with Crippen molar-refractivity contribution in [2.45, 2.75) is 0 Å². The molecule has 16 heavy (non-hydrogen) atoms. The fraction of sp³-hybridized carbons (Fsp3) is 0. The van der Waals surface area contributed by atoms with Crippen LogP contribution in [0.4, 0.5) is 0 Å². The lowest BCUT2D eigenvalue weighted by atomic mass is 10.1. The summed E-state index contributed by atoms with van der Waals surface area (Å²) in [6, 6.07) is 4.95. The number of nitrogens with two attached hydrogens (primary N) is 1. The van der Waals surface area contributed by atoms with Crippen LogP contribution in [-0.2, 0) is 4.79 Å². The van der Waals surface area contributed by atoms with E-state index in [0.29, 0.717) is 16.3 Å². The average Bonchev–Trinajstić information content (AvgIpc) is 2.26. The second-order valence-electron chi connectivity index (χ2n) is 3.12. The van der Waals surface area contributed by atoms with Gasteiger partial charge in [-0.1, -0.05) is 5.92 Å². The number of amides is 1. The Labute approximate surface area is 90.3 Å². The highest BCUT2D eigenvalue weighted by Gasteiger charge is 1.98. The molecule has 0 spiro atoms. The number of fused-ring (bicyclic) bond motifs is 1. The van der Waals surface area contributed by atoms with Crippen molar-refractivity contribution in [2.75, 3.05) is 0 Å². The maximum atomic E-state index is 11.3. The molecule has 78 valence electrons. The van der Waals surface area contributed by atoms with Gasteiger partial charge >= 0.3 is 0 Å². The zero-order valence-corrected chi connectivity index (χ0v) is 8.15. The van der Waals surface area contributed by atoms with Gasteiger partial charge in [0, 0.05) is 10.9 Å². The number of nitrogens with one attached hydrogen (secondary N) is 1. The lowest BCUT2D eigenvalue weighted by Gasteiger charge is -1.95. The first kappa shape index (κ1) is 9.93. The molecular formula is C11H7N3O2. The first-order valence-electron chi connectivity index (χ1n) is 4.46. The van der Waals surface area contributed by atoms with Crippen molar-refractivity contribution in [3.05, 3.63) is 40.3 Å². The number of primary amides is 1. The van der Waals surface area contributed by atoms with E-state index in [1.54, 1.807) is 18.2 Å². The topological polar surface area (TPSA) is 88.8 Å². The van der Waals surface area contributed by atoms with Crippen molar-refractivity contribution < 1.29 is 4.79 Å². The Morgan fingerprint density at radius 2 is 2.25 bits per heavy atom. The molecule has 0 aliphatic heterocycles. The van der Waals surface area contributed by atoms with Gasteiger partial charge in [0.25, 0.3) is 11.5 Å². The minimum atomic E-state index is -0.691. The Morgan fingerprint density at radius 1 is 1.44 bits per heavy atom. The SMILES string of the molecule is NC(=O)C#Cc1ccc2c(=O)[nH]ncc2c1. The van der Waals surface area contributed by atoms with Gasteiger partial charge in [-0.3, -0.25) is 9.59 Å². The summed E-state index contributed by atoms with van der Waals surface area (Å²) >= 11 is 0. The number of nitrogens with zero attached hydrogens (tertiary/aromatic N) is 1. The number of aromatic amines is 1. The van der Waals surface area contributed by atoms with Crippen LogP contribution in [0.1, 0.15) is 5.56 Å². The third kappa shape index (κ3) is 1.91. The summed E-state index contributed by atoms with van der Waals surface area (Å²) in [5.74, 6) is 4.12. The first-order valence-corrected chi connectivity index (χ1v) is 4.46. The van der Waals surface area contributed by atoms with E-state index in [0.717, 1.165) is 0 Å². The Kier molecular flexibility index (Phi) is 2.40. The molecule has 0 saturated heterocycles. The maximum absolute atomic E-state index is 11.3. The zero-order valence-electron chi connectivity index (χ0n) is 8.15. The van der Waals surface area contributed by atoms with Gasteiger partial charge in [-0.2, -0.15) is 5.10 Å². The second-order valence-corrected chi connectivity index (χ2v) is 3.12. The third-order valence-corrected chi connectivity index (χ3v) is 2.00. The molecule has 0 saturated carbocycles. The molecule has 0 atom stereocenters. The molecule has 5 nitrogen and oxygen atoms in total. The van der Waals surface area contributed by atoms with Gasteiger partial charge in [-0.05, 0) is 24.1 Å². The number of rotatable bonds is 0. The van der Waals surface area contributed by atoms with Gasteiger partial charge in [-0.15, -0.1) is 0 Å². The van der Waals surface area contributed by atoms with Crippen molar-refractivity contribution in [2.24, 2.45) is 5.73 Å². The summed E-state index contributed by atoms with van der Waals surface area (Å²) in [4.78, 5) is 21.8. The summed E-state index contributed by atoms with van der Waals surface area (Å²) in [6.45, 7) is 0. The summed E-state index contributed by atoms with van der Waals surface area (Å²) in [7, 11) is 0. The molecular weight excluding hydrogens is 206 g/mol. The highest BCUT2D eigenvalue weighted by atomic mass is 16.1. The molecule has 5 heteroatoms. The first-order chi connectivity index (χ1) is 7.66. The van der Waals surface area contributed by atoms with E-state index >= 15 is 0 Å². The molecule has 2 rings (SSSR count). The minimum absolute atomic E-state index is 0.257. The molecule has 3 N–H and O–H groups in total. The fourth-order valence-corrected chi connectivity index (χ4v) is 1.31.